The third-order valence-corrected chi connectivity index (χ3v) is 6.56. The topological polar surface area (TPSA) is 59.1 Å². The molecule has 2 aromatic carbocycles. The maximum Gasteiger partial charge on any atom is 0.263 e. The minimum absolute atomic E-state index is 0.0322. The van der Waals surface area contributed by atoms with Crippen molar-refractivity contribution in [1.29, 1.82) is 0 Å². The van der Waals surface area contributed by atoms with Gasteiger partial charge < -0.3 is 19.3 Å². The van der Waals surface area contributed by atoms with Crippen LogP contribution in [0.15, 0.2) is 42.5 Å². The van der Waals surface area contributed by atoms with Gasteiger partial charge in [-0.15, -0.1) is 0 Å². The van der Waals surface area contributed by atoms with Crippen LogP contribution in [0, 0.1) is 11.7 Å². The molecule has 2 amide bonds. The van der Waals surface area contributed by atoms with E-state index >= 15 is 0 Å². The summed E-state index contributed by atoms with van der Waals surface area (Å²) in [5, 5.41) is 0. The summed E-state index contributed by atoms with van der Waals surface area (Å²) in [5.74, 6) is 0.152. The number of ether oxygens (including phenoxy) is 2. The van der Waals surface area contributed by atoms with Crippen LogP contribution in [0.1, 0.15) is 49.9 Å². The van der Waals surface area contributed by atoms with Crippen LogP contribution in [0.25, 0.3) is 0 Å². The fourth-order valence-corrected chi connectivity index (χ4v) is 4.70. The van der Waals surface area contributed by atoms with Gasteiger partial charge in [-0.3, -0.25) is 9.59 Å². The summed E-state index contributed by atoms with van der Waals surface area (Å²) in [6.45, 7) is 8.54. The highest BCUT2D eigenvalue weighted by Crippen LogP contribution is 2.38. The zero-order valence-electron chi connectivity index (χ0n) is 20.1. The highest BCUT2D eigenvalue weighted by atomic mass is 19.1. The molecule has 2 aliphatic heterocycles. The molecule has 0 spiro atoms. The van der Waals surface area contributed by atoms with Gasteiger partial charge in [0.05, 0.1) is 19.3 Å². The van der Waals surface area contributed by atoms with Gasteiger partial charge in [0.1, 0.15) is 11.6 Å². The Kier molecular flexibility index (Phi) is 7.51. The van der Waals surface area contributed by atoms with E-state index in [1.54, 1.807) is 17.0 Å². The van der Waals surface area contributed by atoms with Crippen molar-refractivity contribution in [1.82, 2.24) is 9.80 Å². The van der Waals surface area contributed by atoms with Crippen molar-refractivity contribution >= 4 is 11.8 Å². The number of carbonyl (C=O) groups is 2. The summed E-state index contributed by atoms with van der Waals surface area (Å²) >= 11 is 0. The first-order chi connectivity index (χ1) is 16.4. The summed E-state index contributed by atoms with van der Waals surface area (Å²) < 4.78 is 25.2. The number of hydrogen-bond acceptors (Lipinski definition) is 4. The second-order valence-corrected chi connectivity index (χ2v) is 9.20. The Morgan fingerprint density at radius 3 is 2.41 bits per heavy atom. The Balaban J connectivity index is 1.65. The molecule has 0 N–H and O–H groups in total. The van der Waals surface area contributed by atoms with Gasteiger partial charge in [-0.25, -0.2) is 4.39 Å². The standard InChI is InChI=1S/C27H33FN2O4/c1-4-24(27(32)29-13-15-33-16-14-29)34-22-10-7-19-11-12-30(26(31)18(2)3)25(23(19)17-22)20-5-8-21(28)9-6-20/h5-10,17-18,24-25H,4,11-16H2,1-3H3. The molecule has 2 unspecified atom stereocenters. The van der Waals surface area contributed by atoms with Gasteiger partial charge >= 0.3 is 0 Å². The van der Waals surface area contributed by atoms with Crippen molar-refractivity contribution < 1.29 is 23.5 Å². The van der Waals surface area contributed by atoms with Crippen LogP contribution in [0.5, 0.6) is 5.75 Å². The molecule has 1 saturated heterocycles. The Morgan fingerprint density at radius 2 is 1.76 bits per heavy atom. The second-order valence-electron chi connectivity index (χ2n) is 9.20. The largest absolute Gasteiger partial charge is 0.481 e. The molecule has 4 rings (SSSR count). The lowest BCUT2D eigenvalue weighted by Gasteiger charge is -2.39. The lowest BCUT2D eigenvalue weighted by atomic mass is 9.87. The normalized spacial score (nSPS) is 19.0. The quantitative estimate of drug-likeness (QED) is 0.644. The summed E-state index contributed by atoms with van der Waals surface area (Å²) in [5.41, 5.74) is 2.94. The SMILES string of the molecule is CCC(Oc1ccc2c(c1)C(c1ccc(F)cc1)N(C(=O)C(C)C)CC2)C(=O)N1CCOCC1. The van der Waals surface area contributed by atoms with Crippen molar-refractivity contribution in [2.24, 2.45) is 5.92 Å². The minimum Gasteiger partial charge on any atom is -0.481 e. The molecule has 0 radical (unpaired) electrons. The van der Waals surface area contributed by atoms with Gasteiger partial charge in [-0.1, -0.05) is 39.0 Å². The molecule has 7 heteroatoms. The molecule has 2 heterocycles. The summed E-state index contributed by atoms with van der Waals surface area (Å²) in [4.78, 5) is 29.8. The molecular formula is C27H33FN2O4. The average Bonchev–Trinajstić information content (AvgIpc) is 2.86. The molecule has 1 fully saturated rings. The van der Waals surface area contributed by atoms with E-state index < -0.39 is 6.10 Å². The molecule has 2 aromatic rings. The second kappa shape index (κ2) is 10.6. The van der Waals surface area contributed by atoms with E-state index in [0.29, 0.717) is 45.0 Å². The van der Waals surface area contributed by atoms with E-state index in [0.717, 1.165) is 23.1 Å². The number of carbonyl (C=O) groups excluding carboxylic acids is 2. The highest BCUT2D eigenvalue weighted by Gasteiger charge is 2.34. The number of halogens is 1. The van der Waals surface area contributed by atoms with Gasteiger partial charge in [0.15, 0.2) is 6.10 Å². The number of benzene rings is 2. The van der Waals surface area contributed by atoms with Gasteiger partial charge in [0.2, 0.25) is 5.91 Å². The number of amides is 2. The number of rotatable bonds is 6. The van der Waals surface area contributed by atoms with Crippen LogP contribution in [0.4, 0.5) is 4.39 Å². The lowest BCUT2D eigenvalue weighted by molar-refractivity contribution is -0.143. The first-order valence-electron chi connectivity index (χ1n) is 12.1. The Hall–Kier alpha value is -2.93. The van der Waals surface area contributed by atoms with Gasteiger partial charge in [0.25, 0.3) is 5.91 Å². The first-order valence-corrected chi connectivity index (χ1v) is 12.1. The Morgan fingerprint density at radius 1 is 1.06 bits per heavy atom. The van der Waals surface area contributed by atoms with Gasteiger partial charge in [0, 0.05) is 25.6 Å². The van der Waals surface area contributed by atoms with Crippen molar-refractivity contribution in [2.75, 3.05) is 32.8 Å². The molecule has 0 aliphatic carbocycles. The molecular weight excluding hydrogens is 435 g/mol. The summed E-state index contributed by atoms with van der Waals surface area (Å²) in [7, 11) is 0. The summed E-state index contributed by atoms with van der Waals surface area (Å²) in [6, 6.07) is 11.8. The lowest BCUT2D eigenvalue weighted by Crippen LogP contribution is -2.47. The monoisotopic (exact) mass is 468 g/mol. The average molecular weight is 469 g/mol. The van der Waals surface area contributed by atoms with Crippen LogP contribution in [0.2, 0.25) is 0 Å². The number of morpholine rings is 1. The van der Waals surface area contributed by atoms with E-state index in [4.69, 9.17) is 9.47 Å². The fraction of sp³-hybridized carbons (Fsp3) is 0.481. The van der Waals surface area contributed by atoms with E-state index in [2.05, 4.69) is 0 Å². The van der Waals surface area contributed by atoms with Gasteiger partial charge in [-0.05, 0) is 53.8 Å². The smallest absolute Gasteiger partial charge is 0.263 e. The molecule has 0 bridgehead atoms. The molecule has 2 atom stereocenters. The molecule has 0 saturated carbocycles. The van der Waals surface area contributed by atoms with E-state index in [1.165, 1.54) is 12.1 Å². The molecule has 6 nitrogen and oxygen atoms in total. The van der Waals surface area contributed by atoms with E-state index in [-0.39, 0.29) is 29.6 Å². The van der Waals surface area contributed by atoms with Crippen molar-refractivity contribution in [3.8, 4) is 5.75 Å². The minimum atomic E-state index is -0.586. The molecule has 182 valence electrons. The molecule has 0 aromatic heterocycles. The van der Waals surface area contributed by atoms with Crippen molar-refractivity contribution in [3.63, 3.8) is 0 Å². The van der Waals surface area contributed by atoms with Crippen LogP contribution in [0.3, 0.4) is 0 Å². The first kappa shape index (κ1) is 24.2. The van der Waals surface area contributed by atoms with Gasteiger partial charge in [-0.2, -0.15) is 0 Å². The molecule has 34 heavy (non-hydrogen) atoms. The zero-order chi connectivity index (χ0) is 24.2. The van der Waals surface area contributed by atoms with E-state index in [1.807, 2.05) is 43.9 Å². The maximum atomic E-state index is 13.7. The van der Waals surface area contributed by atoms with Crippen molar-refractivity contribution in [2.45, 2.75) is 45.8 Å². The maximum absolute atomic E-state index is 13.7. The van der Waals surface area contributed by atoms with Crippen LogP contribution >= 0.6 is 0 Å². The predicted octanol–water partition coefficient (Wildman–Crippen LogP) is 3.97. The number of nitrogens with zero attached hydrogens (tertiary/aromatic N) is 2. The predicted molar refractivity (Wildman–Crippen MR) is 127 cm³/mol. The van der Waals surface area contributed by atoms with Crippen LogP contribution < -0.4 is 4.74 Å². The van der Waals surface area contributed by atoms with Crippen LogP contribution in [-0.2, 0) is 20.7 Å². The Bertz CT molecular complexity index is 1020. The third-order valence-electron chi connectivity index (χ3n) is 6.56. The third kappa shape index (κ3) is 5.09. The number of hydrogen-bond donors (Lipinski definition) is 0. The zero-order valence-corrected chi connectivity index (χ0v) is 20.1. The Labute approximate surface area is 200 Å². The van der Waals surface area contributed by atoms with Crippen LogP contribution in [-0.4, -0.2) is 60.6 Å². The number of fused-ring (bicyclic) bond motifs is 1. The van der Waals surface area contributed by atoms with Crippen molar-refractivity contribution in [3.05, 3.63) is 65.0 Å². The highest BCUT2D eigenvalue weighted by molar-refractivity contribution is 5.81. The fourth-order valence-electron chi connectivity index (χ4n) is 4.70. The summed E-state index contributed by atoms with van der Waals surface area (Å²) in [6.07, 6.45) is 0.694. The molecule has 2 aliphatic rings. The van der Waals surface area contributed by atoms with E-state index in [9.17, 15) is 14.0 Å².